The summed E-state index contributed by atoms with van der Waals surface area (Å²) >= 11 is 0. The monoisotopic (exact) mass is 468 g/mol. The molecule has 0 aliphatic carbocycles. The molecule has 1 fully saturated rings. The highest BCUT2D eigenvalue weighted by Crippen LogP contribution is 2.18. The van der Waals surface area contributed by atoms with Crippen molar-refractivity contribution in [2.75, 3.05) is 36.4 Å². The summed E-state index contributed by atoms with van der Waals surface area (Å²) in [4.78, 5) is 39.2. The number of amides is 2. The van der Waals surface area contributed by atoms with Gasteiger partial charge in [-0.3, -0.25) is 9.36 Å². The molecule has 0 spiro atoms. The van der Waals surface area contributed by atoms with Crippen molar-refractivity contribution < 1.29 is 4.79 Å². The number of rotatable bonds is 4. The Morgan fingerprint density at radius 3 is 2.37 bits per heavy atom. The second kappa shape index (κ2) is 9.58. The van der Waals surface area contributed by atoms with Crippen molar-refractivity contribution in [3.05, 3.63) is 93.9 Å². The average molecular weight is 469 g/mol. The number of aromatic nitrogens is 3. The van der Waals surface area contributed by atoms with Crippen molar-refractivity contribution in [2.24, 2.45) is 0 Å². The Morgan fingerprint density at radius 2 is 1.66 bits per heavy atom. The van der Waals surface area contributed by atoms with Gasteiger partial charge in [0.25, 0.3) is 5.56 Å². The number of anilines is 2. The SMILES string of the molecule is Cc1cc(C)cc(NC(=O)N2CCN(c3nc4cccnc4n(Cc4ccccc4)c3=O)CC2)c1. The summed E-state index contributed by atoms with van der Waals surface area (Å²) in [5.74, 6) is 0.399. The Morgan fingerprint density at radius 1 is 0.943 bits per heavy atom. The van der Waals surface area contributed by atoms with E-state index in [-0.39, 0.29) is 11.6 Å². The molecule has 5 rings (SSSR count). The number of fused-ring (bicyclic) bond motifs is 1. The van der Waals surface area contributed by atoms with Crippen LogP contribution in [0.4, 0.5) is 16.3 Å². The summed E-state index contributed by atoms with van der Waals surface area (Å²) in [6, 6.07) is 19.4. The normalized spacial score (nSPS) is 13.8. The Bertz CT molecular complexity index is 1400. The summed E-state index contributed by atoms with van der Waals surface area (Å²) in [5, 5.41) is 3.00. The van der Waals surface area contributed by atoms with Gasteiger partial charge in [0.15, 0.2) is 11.5 Å². The molecule has 0 unspecified atom stereocenters. The zero-order valence-corrected chi connectivity index (χ0v) is 19.9. The molecule has 8 nitrogen and oxygen atoms in total. The molecule has 0 atom stereocenters. The molecular formula is C27H28N6O2. The van der Waals surface area contributed by atoms with Gasteiger partial charge in [0, 0.05) is 38.1 Å². The quantitative estimate of drug-likeness (QED) is 0.493. The number of carbonyl (C=O) groups is 1. The maximum atomic E-state index is 13.5. The van der Waals surface area contributed by atoms with Crippen LogP contribution in [-0.4, -0.2) is 51.6 Å². The van der Waals surface area contributed by atoms with Crippen LogP contribution >= 0.6 is 0 Å². The number of pyridine rings is 1. The van der Waals surface area contributed by atoms with Crippen molar-refractivity contribution in [1.82, 2.24) is 19.4 Å². The zero-order chi connectivity index (χ0) is 24.4. The lowest BCUT2D eigenvalue weighted by molar-refractivity contribution is 0.208. The van der Waals surface area contributed by atoms with Crippen molar-refractivity contribution in [3.63, 3.8) is 0 Å². The molecule has 8 heteroatoms. The van der Waals surface area contributed by atoms with Crippen molar-refractivity contribution >= 4 is 28.7 Å². The minimum Gasteiger partial charge on any atom is -0.348 e. The van der Waals surface area contributed by atoms with Crippen molar-refractivity contribution in [2.45, 2.75) is 20.4 Å². The second-order valence-electron chi connectivity index (χ2n) is 8.94. The molecule has 1 N–H and O–H groups in total. The van der Waals surface area contributed by atoms with Crippen LogP contribution in [0.3, 0.4) is 0 Å². The molecule has 1 aliphatic rings. The van der Waals surface area contributed by atoms with Crippen molar-refractivity contribution in [1.29, 1.82) is 0 Å². The first-order valence-electron chi connectivity index (χ1n) is 11.8. The number of hydrogen-bond donors (Lipinski definition) is 1. The maximum Gasteiger partial charge on any atom is 0.321 e. The first-order valence-corrected chi connectivity index (χ1v) is 11.8. The van der Waals surface area contributed by atoms with E-state index in [0.29, 0.717) is 49.7 Å². The van der Waals surface area contributed by atoms with Crippen LogP contribution in [0.25, 0.3) is 11.2 Å². The third-order valence-electron chi connectivity index (χ3n) is 6.21. The Hall–Kier alpha value is -4.20. The van der Waals surface area contributed by atoms with E-state index in [1.165, 1.54) is 0 Å². The highest BCUT2D eigenvalue weighted by molar-refractivity contribution is 5.89. The lowest BCUT2D eigenvalue weighted by Gasteiger charge is -2.35. The summed E-state index contributed by atoms with van der Waals surface area (Å²) in [6.45, 7) is 6.50. The van der Waals surface area contributed by atoms with E-state index in [2.05, 4.69) is 21.4 Å². The van der Waals surface area contributed by atoms with Gasteiger partial charge in [-0.1, -0.05) is 36.4 Å². The number of benzene rings is 2. The molecule has 3 heterocycles. The molecule has 1 aliphatic heterocycles. The number of carbonyl (C=O) groups excluding carboxylic acids is 1. The standard InChI is InChI=1S/C27H28N6O2/c1-19-15-20(2)17-22(16-19)29-27(35)32-13-11-31(12-14-32)25-26(34)33(18-21-7-4-3-5-8-21)24-23(30-25)9-6-10-28-24/h3-10,15-17H,11-14,18H2,1-2H3,(H,29,35). The van der Waals surface area contributed by atoms with Gasteiger partial charge in [-0.25, -0.2) is 14.8 Å². The van der Waals surface area contributed by atoms with E-state index >= 15 is 0 Å². The van der Waals surface area contributed by atoms with Gasteiger partial charge in [-0.05, 0) is 54.8 Å². The van der Waals surface area contributed by atoms with Gasteiger partial charge in [0.2, 0.25) is 0 Å². The number of aryl methyl sites for hydroxylation is 2. The van der Waals surface area contributed by atoms with E-state index in [9.17, 15) is 9.59 Å². The molecular weight excluding hydrogens is 440 g/mol. The van der Waals surface area contributed by atoms with Gasteiger partial charge in [-0.2, -0.15) is 0 Å². The first-order chi connectivity index (χ1) is 17.0. The lowest BCUT2D eigenvalue weighted by atomic mass is 10.1. The fourth-order valence-electron chi connectivity index (χ4n) is 4.55. The zero-order valence-electron chi connectivity index (χ0n) is 19.9. The third kappa shape index (κ3) is 4.87. The third-order valence-corrected chi connectivity index (χ3v) is 6.21. The predicted molar refractivity (Wildman–Crippen MR) is 138 cm³/mol. The molecule has 178 valence electrons. The molecule has 1 saturated heterocycles. The second-order valence-corrected chi connectivity index (χ2v) is 8.94. The molecule has 2 aromatic carbocycles. The molecule has 2 amide bonds. The van der Waals surface area contributed by atoms with Crippen LogP contribution in [-0.2, 0) is 6.54 Å². The minimum absolute atomic E-state index is 0.133. The molecule has 0 radical (unpaired) electrons. The van der Waals surface area contributed by atoms with E-state index in [4.69, 9.17) is 0 Å². The maximum absolute atomic E-state index is 13.5. The number of hydrogen-bond acceptors (Lipinski definition) is 5. The number of piperazine rings is 1. The van der Waals surface area contributed by atoms with Crippen LogP contribution < -0.4 is 15.8 Å². The Kier molecular flexibility index (Phi) is 6.18. The summed E-state index contributed by atoms with van der Waals surface area (Å²) in [6.07, 6.45) is 1.68. The highest BCUT2D eigenvalue weighted by atomic mass is 16.2. The van der Waals surface area contributed by atoms with Gasteiger partial charge in [0.05, 0.1) is 6.54 Å². The van der Waals surface area contributed by atoms with Crippen LogP contribution in [0.15, 0.2) is 71.7 Å². The highest BCUT2D eigenvalue weighted by Gasteiger charge is 2.25. The van der Waals surface area contributed by atoms with Gasteiger partial charge < -0.3 is 15.1 Å². The Balaban J connectivity index is 1.35. The van der Waals surface area contributed by atoms with Crippen molar-refractivity contribution in [3.8, 4) is 0 Å². The first kappa shape index (κ1) is 22.6. The smallest absolute Gasteiger partial charge is 0.321 e. The topological polar surface area (TPSA) is 83.4 Å². The van der Waals surface area contributed by atoms with Crippen LogP contribution in [0, 0.1) is 13.8 Å². The molecule has 0 saturated carbocycles. The van der Waals surface area contributed by atoms with Gasteiger partial charge >= 0.3 is 6.03 Å². The Labute approximate surface area is 203 Å². The van der Waals surface area contributed by atoms with E-state index in [1.54, 1.807) is 15.7 Å². The molecule has 2 aromatic heterocycles. The van der Waals surface area contributed by atoms with Crippen LogP contribution in [0.1, 0.15) is 16.7 Å². The van der Waals surface area contributed by atoms with Crippen LogP contribution in [0.2, 0.25) is 0 Å². The average Bonchev–Trinajstić information content (AvgIpc) is 2.86. The minimum atomic E-state index is -0.173. The number of urea groups is 1. The lowest BCUT2D eigenvalue weighted by Crippen LogP contribution is -2.51. The molecule has 0 bridgehead atoms. The fourth-order valence-corrected chi connectivity index (χ4v) is 4.55. The summed E-state index contributed by atoms with van der Waals surface area (Å²) < 4.78 is 1.69. The summed E-state index contributed by atoms with van der Waals surface area (Å²) in [7, 11) is 0. The molecule has 35 heavy (non-hydrogen) atoms. The fraction of sp³-hybridized carbons (Fsp3) is 0.259. The number of nitrogens with one attached hydrogen (secondary N) is 1. The van der Waals surface area contributed by atoms with E-state index in [1.807, 2.05) is 73.3 Å². The van der Waals surface area contributed by atoms with Gasteiger partial charge in [0.1, 0.15) is 5.52 Å². The van der Waals surface area contributed by atoms with Crippen LogP contribution in [0.5, 0.6) is 0 Å². The van der Waals surface area contributed by atoms with Gasteiger partial charge in [-0.15, -0.1) is 0 Å². The largest absolute Gasteiger partial charge is 0.348 e. The summed E-state index contributed by atoms with van der Waals surface area (Å²) in [5.41, 5.74) is 5.09. The van der Waals surface area contributed by atoms with E-state index < -0.39 is 0 Å². The number of nitrogens with zero attached hydrogens (tertiary/aromatic N) is 5. The van der Waals surface area contributed by atoms with E-state index in [0.717, 1.165) is 22.4 Å². The predicted octanol–water partition coefficient (Wildman–Crippen LogP) is 3.81. The molecule has 4 aromatic rings.